The normalized spacial score (nSPS) is 48.8. The van der Waals surface area contributed by atoms with Gasteiger partial charge < -0.3 is 9.84 Å². The van der Waals surface area contributed by atoms with Gasteiger partial charge in [0.15, 0.2) is 0 Å². The first-order valence-electron chi connectivity index (χ1n) is 5.79. The van der Waals surface area contributed by atoms with E-state index in [-0.39, 0.29) is 6.61 Å². The van der Waals surface area contributed by atoms with Gasteiger partial charge in [-0.3, -0.25) is 0 Å². The second-order valence-electron chi connectivity index (χ2n) is 4.93. The van der Waals surface area contributed by atoms with Crippen LogP contribution in [0.25, 0.3) is 0 Å². The van der Waals surface area contributed by atoms with Crippen molar-refractivity contribution in [3.8, 4) is 0 Å². The highest BCUT2D eigenvalue weighted by Gasteiger charge is 2.52. The van der Waals surface area contributed by atoms with E-state index < -0.39 is 0 Å². The summed E-state index contributed by atoms with van der Waals surface area (Å²) in [6.45, 7) is 0.687. The minimum Gasteiger partial charge on any atom is -0.394 e. The zero-order valence-corrected chi connectivity index (χ0v) is 8.43. The van der Waals surface area contributed by atoms with E-state index >= 15 is 0 Å². The molecule has 0 aromatic rings. The van der Waals surface area contributed by atoms with Crippen LogP contribution < -0.4 is 0 Å². The molecule has 0 saturated heterocycles. The lowest BCUT2D eigenvalue weighted by molar-refractivity contribution is -0.0188. The lowest BCUT2D eigenvalue weighted by Gasteiger charge is -2.30. The molecule has 0 aromatic carbocycles. The summed E-state index contributed by atoms with van der Waals surface area (Å²) in [5.74, 6) is 3.41. The molecule has 0 aliphatic heterocycles. The Labute approximate surface area is 85.0 Å². The van der Waals surface area contributed by atoms with Gasteiger partial charge >= 0.3 is 0 Å². The van der Waals surface area contributed by atoms with Gasteiger partial charge in [-0.15, -0.1) is 0 Å². The Balaban J connectivity index is 1.67. The highest BCUT2D eigenvalue weighted by molar-refractivity contribution is 5.14. The summed E-state index contributed by atoms with van der Waals surface area (Å²) in [7, 11) is 0. The molecule has 0 heterocycles. The van der Waals surface area contributed by atoms with Crippen molar-refractivity contribution in [3.63, 3.8) is 0 Å². The van der Waals surface area contributed by atoms with Crippen molar-refractivity contribution < 1.29 is 9.84 Å². The van der Waals surface area contributed by atoms with Crippen molar-refractivity contribution in [3.05, 3.63) is 12.2 Å². The molecule has 0 radical (unpaired) electrons. The van der Waals surface area contributed by atoms with Crippen LogP contribution in [0, 0.1) is 23.7 Å². The van der Waals surface area contributed by atoms with Crippen molar-refractivity contribution in [2.24, 2.45) is 23.7 Å². The smallest absolute Gasteiger partial charge is 0.0701 e. The van der Waals surface area contributed by atoms with Gasteiger partial charge in [-0.2, -0.15) is 0 Å². The van der Waals surface area contributed by atoms with Crippen LogP contribution >= 0.6 is 0 Å². The van der Waals surface area contributed by atoms with Gasteiger partial charge in [0.2, 0.25) is 0 Å². The maximum Gasteiger partial charge on any atom is 0.0701 e. The maximum absolute atomic E-state index is 8.75. The fourth-order valence-corrected chi connectivity index (χ4v) is 3.88. The average Bonchev–Trinajstić information content (AvgIpc) is 2.85. The topological polar surface area (TPSA) is 29.5 Å². The fraction of sp³-hybridized carbons (Fsp3) is 0.833. The van der Waals surface area contributed by atoms with Crippen molar-refractivity contribution in [2.75, 3.05) is 13.2 Å². The summed E-state index contributed by atoms with van der Waals surface area (Å²) in [5, 5.41) is 8.75. The summed E-state index contributed by atoms with van der Waals surface area (Å²) in [5.41, 5.74) is 0. The van der Waals surface area contributed by atoms with Crippen molar-refractivity contribution in [1.82, 2.24) is 0 Å². The molecule has 1 N–H and O–H groups in total. The Bertz CT molecular complexity index is 249. The molecule has 3 unspecified atom stereocenters. The molecule has 2 saturated carbocycles. The van der Waals surface area contributed by atoms with Gasteiger partial charge in [0.1, 0.15) is 0 Å². The first-order valence-corrected chi connectivity index (χ1v) is 5.79. The zero-order valence-electron chi connectivity index (χ0n) is 8.43. The molecule has 3 aliphatic carbocycles. The number of ether oxygens (including phenoxy) is 1. The molecule has 0 amide bonds. The molecular weight excluding hydrogens is 176 g/mol. The van der Waals surface area contributed by atoms with Crippen LogP contribution in [0.5, 0.6) is 0 Å². The fourth-order valence-electron chi connectivity index (χ4n) is 3.88. The van der Waals surface area contributed by atoms with E-state index in [1.54, 1.807) is 0 Å². The SMILES string of the molecule is OCCOC1C[C@@H]2C[C@H]1C1C=CCC12. The number of hydrogen-bond donors (Lipinski definition) is 1. The Morgan fingerprint density at radius 3 is 3.07 bits per heavy atom. The second kappa shape index (κ2) is 3.35. The minimum absolute atomic E-state index is 0.165. The monoisotopic (exact) mass is 194 g/mol. The van der Waals surface area contributed by atoms with Gasteiger partial charge in [0, 0.05) is 0 Å². The third-order valence-electron chi connectivity index (χ3n) is 4.37. The molecule has 14 heavy (non-hydrogen) atoms. The molecule has 3 rings (SSSR count). The van der Waals surface area contributed by atoms with E-state index in [0.717, 1.165) is 23.7 Å². The molecule has 2 heteroatoms. The number of fused-ring (bicyclic) bond motifs is 5. The van der Waals surface area contributed by atoms with E-state index in [4.69, 9.17) is 9.84 Å². The molecule has 0 aromatic heterocycles. The van der Waals surface area contributed by atoms with Crippen LogP contribution in [0.2, 0.25) is 0 Å². The van der Waals surface area contributed by atoms with Gasteiger partial charge in [0.05, 0.1) is 19.3 Å². The van der Waals surface area contributed by atoms with Gasteiger partial charge in [-0.05, 0) is 42.9 Å². The summed E-state index contributed by atoms with van der Waals surface area (Å²) in [4.78, 5) is 0. The highest BCUT2D eigenvalue weighted by atomic mass is 16.5. The Morgan fingerprint density at radius 2 is 2.21 bits per heavy atom. The van der Waals surface area contributed by atoms with E-state index in [9.17, 15) is 0 Å². The lowest BCUT2D eigenvalue weighted by atomic mass is 9.80. The van der Waals surface area contributed by atoms with E-state index in [1.165, 1.54) is 19.3 Å². The number of aliphatic hydroxyl groups is 1. The van der Waals surface area contributed by atoms with Crippen molar-refractivity contribution in [2.45, 2.75) is 25.4 Å². The Hall–Kier alpha value is -0.340. The molecule has 2 fully saturated rings. The number of rotatable bonds is 3. The quantitative estimate of drug-likeness (QED) is 0.691. The van der Waals surface area contributed by atoms with Crippen LogP contribution in [-0.2, 0) is 4.74 Å². The Morgan fingerprint density at radius 1 is 1.29 bits per heavy atom. The zero-order chi connectivity index (χ0) is 9.54. The molecule has 3 aliphatic rings. The molecule has 0 spiro atoms. The summed E-state index contributed by atoms with van der Waals surface area (Å²) >= 11 is 0. The van der Waals surface area contributed by atoms with Crippen LogP contribution in [0.3, 0.4) is 0 Å². The molecule has 2 nitrogen and oxygen atoms in total. The van der Waals surface area contributed by atoms with Crippen LogP contribution in [0.1, 0.15) is 19.3 Å². The lowest BCUT2D eigenvalue weighted by Crippen LogP contribution is -2.31. The van der Waals surface area contributed by atoms with Crippen molar-refractivity contribution >= 4 is 0 Å². The second-order valence-corrected chi connectivity index (χ2v) is 4.93. The number of allylic oxidation sites excluding steroid dienone is 2. The predicted molar refractivity (Wildman–Crippen MR) is 53.8 cm³/mol. The summed E-state index contributed by atoms with van der Waals surface area (Å²) in [6, 6.07) is 0. The van der Waals surface area contributed by atoms with Gasteiger partial charge in [-0.25, -0.2) is 0 Å². The Kier molecular flexibility index (Phi) is 2.14. The van der Waals surface area contributed by atoms with Gasteiger partial charge in [-0.1, -0.05) is 12.2 Å². The van der Waals surface area contributed by atoms with Crippen LogP contribution in [-0.4, -0.2) is 24.4 Å². The molecule has 78 valence electrons. The van der Waals surface area contributed by atoms with Crippen LogP contribution in [0.15, 0.2) is 12.2 Å². The largest absolute Gasteiger partial charge is 0.394 e. The van der Waals surface area contributed by atoms with Gasteiger partial charge in [0.25, 0.3) is 0 Å². The standard InChI is InChI=1S/C12H18O2/c13-4-5-14-12-7-8-6-11(12)10-3-1-2-9(8)10/h1,3,8-13H,2,4-7H2/t8-,9?,10?,11-,12?/m0/s1. The average molecular weight is 194 g/mol. The third kappa shape index (κ3) is 1.17. The first-order chi connectivity index (χ1) is 6.90. The van der Waals surface area contributed by atoms with Crippen molar-refractivity contribution in [1.29, 1.82) is 0 Å². The molecule has 5 atom stereocenters. The first kappa shape index (κ1) is 8.93. The predicted octanol–water partition coefficient (Wildman–Crippen LogP) is 1.60. The van der Waals surface area contributed by atoms with Crippen LogP contribution in [0.4, 0.5) is 0 Å². The van der Waals surface area contributed by atoms with E-state index in [2.05, 4.69) is 12.2 Å². The highest BCUT2D eigenvalue weighted by Crippen LogP contribution is 2.57. The van der Waals surface area contributed by atoms with E-state index in [0.29, 0.717) is 12.7 Å². The molecule has 2 bridgehead atoms. The summed E-state index contributed by atoms with van der Waals surface area (Å²) < 4.78 is 5.71. The van der Waals surface area contributed by atoms with E-state index in [1.807, 2.05) is 0 Å². The maximum atomic E-state index is 8.75. The minimum atomic E-state index is 0.165. The number of hydrogen-bond acceptors (Lipinski definition) is 2. The number of aliphatic hydroxyl groups excluding tert-OH is 1. The third-order valence-corrected chi connectivity index (χ3v) is 4.37. The summed E-state index contributed by atoms with van der Waals surface area (Å²) in [6.07, 6.45) is 9.12. The molecular formula is C12H18O2.